The lowest BCUT2D eigenvalue weighted by Crippen LogP contribution is -2.49. The largest absolute Gasteiger partial charge is 0.368 e. The molecule has 0 saturated carbocycles. The van der Waals surface area contributed by atoms with Gasteiger partial charge in [-0.05, 0) is 7.05 Å². The number of carbonyl (C=O) groups is 10. The second kappa shape index (κ2) is 21.5. The second-order valence-electron chi connectivity index (χ2n) is 10.8. The smallest absolute Gasteiger partial charge is 0.242 e. The molecule has 0 saturated heterocycles. The summed E-state index contributed by atoms with van der Waals surface area (Å²) >= 11 is 0. The molecule has 0 aliphatic heterocycles. The molecule has 0 fully saturated rings. The SMILES string of the molecule is CNCC(=O)N(C)CC(=O)N(C)CC(=O)NCC(=O)N(C)CC(=O)N(C)CC(=O)NCC(=O)N(C)CC(=O)N(C)CC(=O)NCC(N)=O. The third-order valence-electron chi connectivity index (χ3n) is 6.48. The van der Waals surface area contributed by atoms with E-state index in [4.69, 9.17) is 5.73 Å². The van der Waals surface area contributed by atoms with Gasteiger partial charge in [0.05, 0.1) is 65.4 Å². The zero-order chi connectivity index (χ0) is 37.1. The van der Waals surface area contributed by atoms with Crippen molar-refractivity contribution in [3.63, 3.8) is 0 Å². The van der Waals surface area contributed by atoms with Crippen LogP contribution in [0, 0.1) is 0 Å². The third-order valence-corrected chi connectivity index (χ3v) is 6.48. The number of nitrogens with zero attached hydrogens (tertiary/aromatic N) is 6. The lowest BCUT2D eigenvalue weighted by Gasteiger charge is -2.23. The van der Waals surface area contributed by atoms with Gasteiger partial charge in [0.15, 0.2) is 0 Å². The summed E-state index contributed by atoms with van der Waals surface area (Å²) in [4.78, 5) is 127. The molecule has 0 aromatic heterocycles. The summed E-state index contributed by atoms with van der Waals surface area (Å²) in [6.07, 6.45) is 0. The van der Waals surface area contributed by atoms with E-state index in [-0.39, 0.29) is 38.6 Å². The molecule has 0 atom stereocenters. The number of carbonyl (C=O) groups excluding carboxylic acids is 10. The molecular formula is C27H47N11O10. The van der Waals surface area contributed by atoms with Crippen LogP contribution in [0.1, 0.15) is 0 Å². The molecular weight excluding hydrogens is 638 g/mol. The first-order chi connectivity index (χ1) is 22.3. The van der Waals surface area contributed by atoms with E-state index in [0.717, 1.165) is 24.5 Å². The molecule has 0 spiro atoms. The Labute approximate surface area is 278 Å². The van der Waals surface area contributed by atoms with E-state index in [1.165, 1.54) is 47.2 Å². The van der Waals surface area contributed by atoms with Gasteiger partial charge in [-0.15, -0.1) is 0 Å². The Morgan fingerprint density at radius 2 is 0.646 bits per heavy atom. The van der Waals surface area contributed by atoms with E-state index in [1.807, 2.05) is 0 Å². The summed E-state index contributed by atoms with van der Waals surface area (Å²) in [5.41, 5.74) is 4.94. The predicted molar refractivity (Wildman–Crippen MR) is 168 cm³/mol. The van der Waals surface area contributed by atoms with Crippen molar-refractivity contribution in [1.82, 2.24) is 50.7 Å². The number of nitrogens with one attached hydrogen (secondary N) is 4. The molecule has 21 nitrogen and oxygen atoms in total. The molecule has 0 aliphatic carbocycles. The molecule has 0 radical (unpaired) electrons. The average Bonchev–Trinajstić information content (AvgIpc) is 3.00. The number of hydrogen-bond donors (Lipinski definition) is 5. The highest BCUT2D eigenvalue weighted by Crippen LogP contribution is 1.94. The lowest BCUT2D eigenvalue weighted by atomic mass is 10.4. The van der Waals surface area contributed by atoms with Gasteiger partial charge in [-0.1, -0.05) is 0 Å². The first kappa shape index (κ1) is 42.7. The third kappa shape index (κ3) is 17.4. The Balaban J connectivity index is 4.55. The maximum atomic E-state index is 12.5. The molecule has 0 aromatic carbocycles. The van der Waals surface area contributed by atoms with Crippen molar-refractivity contribution in [2.75, 3.05) is 115 Å². The van der Waals surface area contributed by atoms with Gasteiger partial charge in [-0.2, -0.15) is 0 Å². The lowest BCUT2D eigenvalue weighted by molar-refractivity contribution is -0.141. The van der Waals surface area contributed by atoms with Gasteiger partial charge < -0.3 is 56.4 Å². The monoisotopic (exact) mass is 685 g/mol. The average molecular weight is 686 g/mol. The minimum Gasteiger partial charge on any atom is -0.368 e. The van der Waals surface area contributed by atoms with Crippen LogP contribution in [0.4, 0.5) is 0 Å². The minimum atomic E-state index is -0.751. The quantitative estimate of drug-likeness (QED) is 0.0804. The molecule has 0 heterocycles. The van der Waals surface area contributed by atoms with E-state index in [0.29, 0.717) is 0 Å². The van der Waals surface area contributed by atoms with Crippen LogP contribution in [0.15, 0.2) is 0 Å². The van der Waals surface area contributed by atoms with Crippen LogP contribution >= 0.6 is 0 Å². The van der Waals surface area contributed by atoms with E-state index in [2.05, 4.69) is 21.3 Å². The first-order valence-corrected chi connectivity index (χ1v) is 14.5. The molecule has 0 rings (SSSR count). The van der Waals surface area contributed by atoms with Gasteiger partial charge in [-0.25, -0.2) is 0 Å². The molecule has 48 heavy (non-hydrogen) atoms. The molecule has 270 valence electrons. The highest BCUT2D eigenvalue weighted by atomic mass is 16.2. The Hall–Kier alpha value is -5.34. The highest BCUT2D eigenvalue weighted by Gasteiger charge is 2.22. The minimum absolute atomic E-state index is 0.0475. The number of likely N-dealkylation sites (N-methyl/N-ethyl adjacent to an activating group) is 7. The summed E-state index contributed by atoms with van der Waals surface area (Å²) in [6.45, 7) is -3.56. The number of hydrogen-bond acceptors (Lipinski definition) is 11. The highest BCUT2D eigenvalue weighted by molar-refractivity contribution is 5.93. The Morgan fingerprint density at radius 3 is 0.917 bits per heavy atom. The summed E-state index contributed by atoms with van der Waals surface area (Å²) in [6, 6.07) is 0. The zero-order valence-electron chi connectivity index (χ0n) is 28.4. The Bertz CT molecular complexity index is 1230. The Kier molecular flexibility index (Phi) is 19.1. The molecule has 21 heteroatoms. The van der Waals surface area contributed by atoms with Crippen LogP contribution in [0.3, 0.4) is 0 Å². The molecule has 0 bridgehead atoms. The van der Waals surface area contributed by atoms with E-state index in [9.17, 15) is 47.9 Å². The fraction of sp³-hybridized carbons (Fsp3) is 0.630. The maximum Gasteiger partial charge on any atom is 0.242 e. The Morgan fingerprint density at radius 1 is 0.396 bits per heavy atom. The fourth-order valence-electron chi connectivity index (χ4n) is 3.40. The van der Waals surface area contributed by atoms with Gasteiger partial charge in [-0.3, -0.25) is 47.9 Å². The van der Waals surface area contributed by atoms with Gasteiger partial charge in [0.2, 0.25) is 59.1 Å². The molecule has 10 amide bonds. The van der Waals surface area contributed by atoms with Crippen molar-refractivity contribution in [2.24, 2.45) is 5.73 Å². The fourth-order valence-corrected chi connectivity index (χ4v) is 3.40. The summed E-state index contributed by atoms with van der Waals surface area (Å²) in [5.74, 6) is -5.97. The van der Waals surface area contributed by atoms with Gasteiger partial charge >= 0.3 is 0 Å². The van der Waals surface area contributed by atoms with Gasteiger partial charge in [0.25, 0.3) is 0 Å². The van der Waals surface area contributed by atoms with E-state index in [1.54, 1.807) is 7.05 Å². The van der Waals surface area contributed by atoms with Crippen LogP contribution in [0.5, 0.6) is 0 Å². The predicted octanol–water partition coefficient (Wildman–Crippen LogP) is -7.21. The van der Waals surface area contributed by atoms with Crippen LogP contribution in [0.25, 0.3) is 0 Å². The van der Waals surface area contributed by atoms with Crippen molar-refractivity contribution >= 4 is 59.1 Å². The van der Waals surface area contributed by atoms with Crippen molar-refractivity contribution in [3.05, 3.63) is 0 Å². The van der Waals surface area contributed by atoms with Crippen LogP contribution in [-0.2, 0) is 47.9 Å². The van der Waals surface area contributed by atoms with Crippen LogP contribution < -0.4 is 27.0 Å². The molecule has 6 N–H and O–H groups in total. The van der Waals surface area contributed by atoms with Crippen molar-refractivity contribution in [2.45, 2.75) is 0 Å². The number of nitrogens with two attached hydrogens (primary N) is 1. The molecule has 0 aromatic rings. The maximum absolute atomic E-state index is 12.5. The standard InChI is InChI=1S/C27H47N11O10/c1-29-9-22(43)36(5)15-25(46)34(3)13-20(41)31-11-24(45)38(7)17-27(48)35(4)14-21(42)32-10-23(44)37(6)16-26(47)33(2)12-19(40)30-8-18(28)39/h29H,8-17H2,1-7H3,(H2,28,39)(H,30,40)(H,31,41)(H,32,42). The van der Waals surface area contributed by atoms with Crippen LogP contribution in [0.2, 0.25) is 0 Å². The van der Waals surface area contributed by atoms with Crippen molar-refractivity contribution in [3.8, 4) is 0 Å². The van der Waals surface area contributed by atoms with E-state index < -0.39 is 85.9 Å². The second-order valence-corrected chi connectivity index (χ2v) is 10.8. The first-order valence-electron chi connectivity index (χ1n) is 14.5. The zero-order valence-corrected chi connectivity index (χ0v) is 28.4. The van der Waals surface area contributed by atoms with Crippen LogP contribution in [-0.4, -0.2) is 203 Å². The summed E-state index contributed by atoms with van der Waals surface area (Å²) in [7, 11) is 9.66. The number of primary amides is 1. The topological polar surface area (TPSA) is 264 Å². The van der Waals surface area contributed by atoms with E-state index >= 15 is 0 Å². The molecule has 0 aliphatic rings. The molecule has 0 unspecified atom stereocenters. The van der Waals surface area contributed by atoms with Gasteiger partial charge in [0, 0.05) is 42.3 Å². The number of amides is 10. The normalized spacial score (nSPS) is 10.1. The summed E-state index contributed by atoms with van der Waals surface area (Å²) in [5, 5.41) is 9.59. The van der Waals surface area contributed by atoms with Crippen molar-refractivity contribution in [1.29, 1.82) is 0 Å². The summed E-state index contributed by atoms with van der Waals surface area (Å²) < 4.78 is 0. The number of rotatable bonds is 20. The van der Waals surface area contributed by atoms with Gasteiger partial charge in [0.1, 0.15) is 0 Å². The van der Waals surface area contributed by atoms with Crippen molar-refractivity contribution < 1.29 is 47.9 Å².